The summed E-state index contributed by atoms with van der Waals surface area (Å²) in [5, 5.41) is 2.16. The van der Waals surface area contributed by atoms with Crippen LogP contribution >= 0.6 is 0 Å². The molecule has 0 aliphatic rings. The summed E-state index contributed by atoms with van der Waals surface area (Å²) < 4.78 is 2.33. The van der Waals surface area contributed by atoms with E-state index in [0.717, 1.165) is 65.2 Å². The monoisotopic (exact) mass is 363 g/mol. The zero-order chi connectivity index (χ0) is 19.4. The molecule has 0 aliphatic carbocycles. The maximum Gasteiger partial charge on any atom is 0.162 e. The molecule has 0 saturated heterocycles. The summed E-state index contributed by atoms with van der Waals surface area (Å²) in [5.74, 6) is 0.374. The highest BCUT2D eigenvalue weighted by Crippen LogP contribution is 2.32. The molecule has 27 heavy (non-hydrogen) atoms. The average molecular weight is 364 g/mol. The van der Waals surface area contributed by atoms with E-state index in [2.05, 4.69) is 23.6 Å². The maximum atomic E-state index is 12.4. The summed E-state index contributed by atoms with van der Waals surface area (Å²) in [6, 6.07) is 12.1. The fourth-order valence-electron chi connectivity index (χ4n) is 3.75. The SMILES string of the molecule is CCCCn1c2ccc(C(=O)CCC)cc2c2cc(C(=O)CCC)ccc21. The molecule has 0 saturated carbocycles. The molecule has 0 fully saturated rings. The van der Waals surface area contributed by atoms with Gasteiger partial charge >= 0.3 is 0 Å². The van der Waals surface area contributed by atoms with Gasteiger partial charge in [-0.25, -0.2) is 0 Å². The summed E-state index contributed by atoms with van der Waals surface area (Å²) in [5.41, 5.74) is 3.83. The minimum Gasteiger partial charge on any atom is -0.340 e. The molecule has 3 nitrogen and oxygen atoms in total. The van der Waals surface area contributed by atoms with E-state index in [9.17, 15) is 9.59 Å². The van der Waals surface area contributed by atoms with Gasteiger partial charge in [0, 0.05) is 52.3 Å². The molecule has 2 aromatic carbocycles. The van der Waals surface area contributed by atoms with Crippen LogP contribution < -0.4 is 0 Å². The largest absolute Gasteiger partial charge is 0.340 e. The summed E-state index contributed by atoms with van der Waals surface area (Å²) in [4.78, 5) is 24.8. The minimum absolute atomic E-state index is 0.187. The smallest absolute Gasteiger partial charge is 0.162 e. The molecule has 0 bridgehead atoms. The normalized spacial score (nSPS) is 11.4. The molecule has 142 valence electrons. The van der Waals surface area contributed by atoms with Crippen molar-refractivity contribution in [3.8, 4) is 0 Å². The van der Waals surface area contributed by atoms with Crippen LogP contribution in [0, 0.1) is 0 Å². The van der Waals surface area contributed by atoms with Gasteiger partial charge in [-0.3, -0.25) is 9.59 Å². The van der Waals surface area contributed by atoms with Crippen LogP contribution in [0.5, 0.6) is 0 Å². The molecular formula is C24H29NO2. The van der Waals surface area contributed by atoms with Crippen molar-refractivity contribution in [2.75, 3.05) is 0 Å². The van der Waals surface area contributed by atoms with Crippen LogP contribution in [0.2, 0.25) is 0 Å². The van der Waals surface area contributed by atoms with Gasteiger partial charge in [0.2, 0.25) is 0 Å². The number of aryl methyl sites for hydroxylation is 1. The number of ketones is 2. The van der Waals surface area contributed by atoms with Crippen molar-refractivity contribution in [1.29, 1.82) is 0 Å². The van der Waals surface area contributed by atoms with Gasteiger partial charge in [-0.2, -0.15) is 0 Å². The molecule has 0 N–H and O–H groups in total. The predicted molar refractivity (Wildman–Crippen MR) is 113 cm³/mol. The number of fused-ring (bicyclic) bond motifs is 3. The van der Waals surface area contributed by atoms with Gasteiger partial charge in [0.05, 0.1) is 0 Å². The Balaban J connectivity index is 2.21. The third kappa shape index (κ3) is 3.83. The predicted octanol–water partition coefficient (Wildman–Crippen LogP) is 6.56. The van der Waals surface area contributed by atoms with Crippen LogP contribution in [0.4, 0.5) is 0 Å². The van der Waals surface area contributed by atoms with E-state index >= 15 is 0 Å². The van der Waals surface area contributed by atoms with Crippen molar-refractivity contribution in [2.24, 2.45) is 0 Å². The lowest BCUT2D eigenvalue weighted by atomic mass is 10.0. The van der Waals surface area contributed by atoms with E-state index in [1.165, 1.54) is 0 Å². The molecule has 0 aliphatic heterocycles. The first-order chi connectivity index (χ1) is 13.1. The molecule has 0 amide bonds. The summed E-state index contributed by atoms with van der Waals surface area (Å²) >= 11 is 0. The van der Waals surface area contributed by atoms with Crippen molar-refractivity contribution < 1.29 is 9.59 Å². The Hall–Kier alpha value is -2.42. The zero-order valence-corrected chi connectivity index (χ0v) is 16.7. The second-order valence-electron chi connectivity index (χ2n) is 7.32. The zero-order valence-electron chi connectivity index (χ0n) is 16.7. The van der Waals surface area contributed by atoms with Crippen molar-refractivity contribution in [2.45, 2.75) is 65.8 Å². The van der Waals surface area contributed by atoms with Crippen LogP contribution in [0.1, 0.15) is 80.0 Å². The number of rotatable bonds is 9. The highest BCUT2D eigenvalue weighted by Gasteiger charge is 2.15. The molecule has 3 rings (SSSR count). The first-order valence-electron chi connectivity index (χ1n) is 10.2. The first-order valence-corrected chi connectivity index (χ1v) is 10.2. The third-order valence-corrected chi connectivity index (χ3v) is 5.20. The molecule has 0 radical (unpaired) electrons. The number of carbonyl (C=O) groups excluding carboxylic acids is 2. The summed E-state index contributed by atoms with van der Waals surface area (Å²) in [7, 11) is 0. The van der Waals surface area contributed by atoms with Gasteiger partial charge in [-0.1, -0.05) is 27.2 Å². The van der Waals surface area contributed by atoms with E-state index in [-0.39, 0.29) is 11.6 Å². The number of unbranched alkanes of at least 4 members (excludes halogenated alkanes) is 1. The molecule has 0 atom stereocenters. The number of carbonyl (C=O) groups is 2. The lowest BCUT2D eigenvalue weighted by molar-refractivity contribution is 0.0973. The average Bonchev–Trinajstić information content (AvgIpc) is 2.99. The second-order valence-corrected chi connectivity index (χ2v) is 7.32. The number of nitrogens with zero attached hydrogens (tertiary/aromatic N) is 1. The van der Waals surface area contributed by atoms with E-state index in [4.69, 9.17) is 0 Å². The Morgan fingerprint density at radius 1 is 0.741 bits per heavy atom. The van der Waals surface area contributed by atoms with Crippen molar-refractivity contribution >= 4 is 33.4 Å². The van der Waals surface area contributed by atoms with Gasteiger partial charge < -0.3 is 4.57 Å². The highest BCUT2D eigenvalue weighted by atomic mass is 16.1. The number of aromatic nitrogens is 1. The van der Waals surface area contributed by atoms with Gasteiger partial charge in [-0.15, -0.1) is 0 Å². The lowest BCUT2D eigenvalue weighted by Gasteiger charge is -2.07. The summed E-state index contributed by atoms with van der Waals surface area (Å²) in [6.45, 7) is 7.19. The Morgan fingerprint density at radius 3 is 1.63 bits per heavy atom. The van der Waals surface area contributed by atoms with E-state index in [1.807, 2.05) is 38.1 Å². The molecule has 3 aromatic rings. The van der Waals surface area contributed by atoms with Gasteiger partial charge in [0.15, 0.2) is 11.6 Å². The van der Waals surface area contributed by atoms with Crippen LogP contribution in [-0.4, -0.2) is 16.1 Å². The molecule has 1 aromatic heterocycles. The van der Waals surface area contributed by atoms with Crippen molar-refractivity contribution in [1.82, 2.24) is 4.57 Å². The Labute approximate surface area is 161 Å². The van der Waals surface area contributed by atoms with E-state index in [1.54, 1.807) is 0 Å². The highest BCUT2D eigenvalue weighted by molar-refractivity contribution is 6.13. The fraction of sp³-hybridized carbons (Fsp3) is 0.417. The number of benzene rings is 2. The number of Topliss-reactive ketones (excluding diaryl/α,β-unsaturated/α-hetero) is 2. The topological polar surface area (TPSA) is 39.1 Å². The van der Waals surface area contributed by atoms with E-state index < -0.39 is 0 Å². The Kier molecular flexibility index (Phi) is 6.10. The standard InChI is InChI=1S/C24H29NO2/c1-4-7-14-25-21-12-10-17(23(26)8-5-2)15-19(21)20-16-18(11-13-22(20)25)24(27)9-6-3/h10-13,15-16H,4-9,14H2,1-3H3. The van der Waals surface area contributed by atoms with Crippen molar-refractivity contribution in [3.63, 3.8) is 0 Å². The van der Waals surface area contributed by atoms with Crippen LogP contribution in [0.15, 0.2) is 36.4 Å². The van der Waals surface area contributed by atoms with Gasteiger partial charge in [0.25, 0.3) is 0 Å². The second kappa shape index (κ2) is 8.51. The quantitative estimate of drug-likeness (QED) is 0.404. The first kappa shape index (κ1) is 19.3. The Bertz CT molecular complexity index is 906. The molecule has 0 unspecified atom stereocenters. The van der Waals surface area contributed by atoms with Crippen LogP contribution in [0.3, 0.4) is 0 Å². The third-order valence-electron chi connectivity index (χ3n) is 5.20. The van der Waals surface area contributed by atoms with Crippen molar-refractivity contribution in [3.05, 3.63) is 47.5 Å². The van der Waals surface area contributed by atoms with Gasteiger partial charge in [-0.05, 0) is 55.7 Å². The van der Waals surface area contributed by atoms with Crippen LogP contribution in [0.25, 0.3) is 21.8 Å². The minimum atomic E-state index is 0.187. The summed E-state index contributed by atoms with van der Waals surface area (Å²) in [6.07, 6.45) is 5.07. The molecule has 0 spiro atoms. The molecule has 1 heterocycles. The fourth-order valence-corrected chi connectivity index (χ4v) is 3.75. The molecule has 3 heteroatoms. The maximum absolute atomic E-state index is 12.4. The Morgan fingerprint density at radius 2 is 1.22 bits per heavy atom. The number of hydrogen-bond donors (Lipinski definition) is 0. The van der Waals surface area contributed by atoms with Crippen LogP contribution in [-0.2, 0) is 6.54 Å². The van der Waals surface area contributed by atoms with Gasteiger partial charge in [0.1, 0.15) is 0 Å². The van der Waals surface area contributed by atoms with E-state index in [0.29, 0.717) is 12.8 Å². The molecular weight excluding hydrogens is 334 g/mol. The number of hydrogen-bond acceptors (Lipinski definition) is 2. The lowest BCUT2D eigenvalue weighted by Crippen LogP contribution is -2.00.